The fourth-order valence-electron chi connectivity index (χ4n) is 2.21. The van der Waals surface area contributed by atoms with Crippen LogP contribution >= 0.6 is 11.8 Å². The zero-order valence-electron chi connectivity index (χ0n) is 11.8. The Kier molecular flexibility index (Phi) is 5.38. The molecular formula is C13H18N4O3S. The Hall–Kier alpha value is -1.83. The third kappa shape index (κ3) is 4.07. The molecule has 2 N–H and O–H groups in total. The van der Waals surface area contributed by atoms with E-state index in [-0.39, 0.29) is 17.2 Å². The molecule has 8 heteroatoms. The van der Waals surface area contributed by atoms with Gasteiger partial charge in [0, 0.05) is 19.7 Å². The molecule has 1 aromatic heterocycles. The van der Waals surface area contributed by atoms with Crippen LogP contribution in [0.15, 0.2) is 12.3 Å². The van der Waals surface area contributed by atoms with E-state index in [0.29, 0.717) is 18.3 Å². The molecule has 114 valence electrons. The van der Waals surface area contributed by atoms with Gasteiger partial charge in [-0.25, -0.2) is 4.98 Å². The van der Waals surface area contributed by atoms with E-state index in [1.165, 1.54) is 6.07 Å². The van der Waals surface area contributed by atoms with Crippen LogP contribution in [0.2, 0.25) is 0 Å². The first-order valence-corrected chi connectivity index (χ1v) is 7.95. The summed E-state index contributed by atoms with van der Waals surface area (Å²) in [7, 11) is 1.63. The van der Waals surface area contributed by atoms with Gasteiger partial charge in [-0.3, -0.25) is 14.9 Å². The third-order valence-corrected chi connectivity index (χ3v) is 4.51. The van der Waals surface area contributed by atoms with Gasteiger partial charge in [0.15, 0.2) is 0 Å². The van der Waals surface area contributed by atoms with Crippen molar-refractivity contribution in [3.8, 4) is 0 Å². The molecule has 0 unspecified atom stereocenters. The maximum atomic E-state index is 12.2. The average molecular weight is 310 g/mol. The van der Waals surface area contributed by atoms with Crippen molar-refractivity contribution in [3.63, 3.8) is 0 Å². The molecule has 1 aromatic rings. The maximum Gasteiger partial charge on any atom is 0.288 e. The first-order valence-electron chi connectivity index (χ1n) is 6.80. The van der Waals surface area contributed by atoms with Gasteiger partial charge in [-0.15, -0.1) is 0 Å². The minimum Gasteiger partial charge on any atom is -0.372 e. The van der Waals surface area contributed by atoms with Crippen LogP contribution < -0.4 is 10.6 Å². The standard InChI is InChI=1S/C13H18N4O3S/c1-14-12-11(6-10(8-15-12)17(19)20)13(18)16-7-9-2-4-21-5-3-9/h6,8-9H,2-5,7H2,1H3,(H,14,15)(H,16,18). The van der Waals surface area contributed by atoms with Crippen LogP contribution in [0, 0.1) is 16.0 Å². The third-order valence-electron chi connectivity index (χ3n) is 3.46. The number of hydrogen-bond donors (Lipinski definition) is 2. The Labute approximate surface area is 127 Å². The molecule has 0 atom stereocenters. The zero-order valence-corrected chi connectivity index (χ0v) is 12.6. The van der Waals surface area contributed by atoms with Gasteiger partial charge in [-0.05, 0) is 30.3 Å². The van der Waals surface area contributed by atoms with Crippen LogP contribution in [0.1, 0.15) is 23.2 Å². The summed E-state index contributed by atoms with van der Waals surface area (Å²) < 4.78 is 0. The molecule has 0 spiro atoms. The normalized spacial score (nSPS) is 15.5. The molecule has 1 amide bonds. The SMILES string of the molecule is CNc1ncc([N+](=O)[O-])cc1C(=O)NCC1CCSCC1. The molecular weight excluding hydrogens is 292 g/mol. The quantitative estimate of drug-likeness (QED) is 0.637. The number of aromatic nitrogens is 1. The molecule has 0 saturated carbocycles. The molecule has 1 saturated heterocycles. The van der Waals surface area contributed by atoms with Gasteiger partial charge in [0.25, 0.3) is 11.6 Å². The smallest absolute Gasteiger partial charge is 0.288 e. The number of anilines is 1. The summed E-state index contributed by atoms with van der Waals surface area (Å²) >= 11 is 1.93. The van der Waals surface area contributed by atoms with E-state index in [4.69, 9.17) is 0 Å². The lowest BCUT2D eigenvalue weighted by atomic mass is 10.0. The predicted molar refractivity (Wildman–Crippen MR) is 82.8 cm³/mol. The van der Waals surface area contributed by atoms with Gasteiger partial charge in [0.2, 0.25) is 0 Å². The Morgan fingerprint density at radius 3 is 2.86 bits per heavy atom. The lowest BCUT2D eigenvalue weighted by molar-refractivity contribution is -0.385. The Morgan fingerprint density at radius 1 is 1.52 bits per heavy atom. The van der Waals surface area contributed by atoms with Crippen molar-refractivity contribution < 1.29 is 9.72 Å². The molecule has 0 aromatic carbocycles. The van der Waals surface area contributed by atoms with Crippen molar-refractivity contribution in [3.05, 3.63) is 27.9 Å². The second kappa shape index (κ2) is 7.26. The van der Waals surface area contributed by atoms with E-state index in [1.807, 2.05) is 11.8 Å². The summed E-state index contributed by atoms with van der Waals surface area (Å²) in [4.78, 5) is 26.4. The summed E-state index contributed by atoms with van der Waals surface area (Å²) in [6.07, 6.45) is 3.33. The van der Waals surface area contributed by atoms with Gasteiger partial charge in [-0.2, -0.15) is 11.8 Å². The largest absolute Gasteiger partial charge is 0.372 e. The Balaban J connectivity index is 2.06. The van der Waals surface area contributed by atoms with Gasteiger partial charge < -0.3 is 10.6 Å². The summed E-state index contributed by atoms with van der Waals surface area (Å²) in [5.74, 6) is 2.76. The van der Waals surface area contributed by atoms with E-state index in [0.717, 1.165) is 30.5 Å². The van der Waals surface area contributed by atoms with E-state index in [1.54, 1.807) is 7.05 Å². The van der Waals surface area contributed by atoms with Crippen molar-refractivity contribution in [1.82, 2.24) is 10.3 Å². The number of rotatable bonds is 5. The fraction of sp³-hybridized carbons (Fsp3) is 0.538. The lowest BCUT2D eigenvalue weighted by Crippen LogP contribution is -2.31. The van der Waals surface area contributed by atoms with Crippen molar-refractivity contribution in [1.29, 1.82) is 0 Å². The highest BCUT2D eigenvalue weighted by atomic mass is 32.2. The summed E-state index contributed by atoms with van der Waals surface area (Å²) in [5, 5.41) is 16.4. The second-order valence-corrected chi connectivity index (χ2v) is 6.09. The average Bonchev–Trinajstić information content (AvgIpc) is 2.52. The first kappa shape index (κ1) is 15.6. The number of pyridine rings is 1. The molecule has 21 heavy (non-hydrogen) atoms. The summed E-state index contributed by atoms with van der Waals surface area (Å²) in [6.45, 7) is 0.602. The van der Waals surface area contributed by atoms with Gasteiger partial charge in [-0.1, -0.05) is 0 Å². The number of thioether (sulfide) groups is 1. The van der Waals surface area contributed by atoms with Crippen LogP contribution in [0.3, 0.4) is 0 Å². The summed E-state index contributed by atoms with van der Waals surface area (Å²) in [5.41, 5.74) is 0.0186. The van der Waals surface area contributed by atoms with E-state index in [2.05, 4.69) is 15.6 Å². The fourth-order valence-corrected chi connectivity index (χ4v) is 3.41. The lowest BCUT2D eigenvalue weighted by Gasteiger charge is -2.21. The molecule has 0 aliphatic carbocycles. The van der Waals surface area contributed by atoms with Gasteiger partial charge in [0.05, 0.1) is 10.5 Å². The summed E-state index contributed by atoms with van der Waals surface area (Å²) in [6, 6.07) is 1.25. The van der Waals surface area contributed by atoms with Crippen LogP contribution in [-0.4, -0.2) is 40.9 Å². The number of amides is 1. The predicted octanol–water partition coefficient (Wildman–Crippen LogP) is 1.90. The van der Waals surface area contributed by atoms with Crippen LogP contribution in [-0.2, 0) is 0 Å². The van der Waals surface area contributed by atoms with Gasteiger partial charge >= 0.3 is 0 Å². The number of hydrogen-bond acceptors (Lipinski definition) is 6. The number of carbonyl (C=O) groups excluding carboxylic acids is 1. The Bertz CT molecular complexity index is 532. The van der Waals surface area contributed by atoms with Crippen LogP contribution in [0.4, 0.5) is 11.5 Å². The number of nitrogens with one attached hydrogen (secondary N) is 2. The highest BCUT2D eigenvalue weighted by Gasteiger charge is 2.19. The number of carbonyl (C=O) groups is 1. The minimum absolute atomic E-state index is 0.187. The molecule has 1 aliphatic rings. The Morgan fingerprint density at radius 2 is 2.24 bits per heavy atom. The molecule has 0 bridgehead atoms. The maximum absolute atomic E-state index is 12.2. The zero-order chi connectivity index (χ0) is 15.2. The number of nitro groups is 1. The van der Waals surface area contributed by atoms with Crippen LogP contribution in [0.25, 0.3) is 0 Å². The van der Waals surface area contributed by atoms with E-state index >= 15 is 0 Å². The molecule has 2 rings (SSSR count). The highest BCUT2D eigenvalue weighted by Crippen LogP contribution is 2.22. The van der Waals surface area contributed by atoms with Crippen LogP contribution in [0.5, 0.6) is 0 Å². The second-order valence-electron chi connectivity index (χ2n) is 4.86. The van der Waals surface area contributed by atoms with Gasteiger partial charge in [0.1, 0.15) is 12.0 Å². The molecule has 2 heterocycles. The first-order chi connectivity index (χ1) is 10.1. The van der Waals surface area contributed by atoms with Crippen molar-refractivity contribution in [2.45, 2.75) is 12.8 Å². The monoisotopic (exact) mass is 310 g/mol. The minimum atomic E-state index is -0.554. The molecule has 1 fully saturated rings. The molecule has 7 nitrogen and oxygen atoms in total. The number of nitrogens with zero attached hydrogens (tertiary/aromatic N) is 2. The van der Waals surface area contributed by atoms with E-state index < -0.39 is 4.92 Å². The molecule has 1 aliphatic heterocycles. The van der Waals surface area contributed by atoms with Crippen molar-refractivity contribution >= 4 is 29.2 Å². The molecule has 0 radical (unpaired) electrons. The topological polar surface area (TPSA) is 97.2 Å². The van der Waals surface area contributed by atoms with Crippen molar-refractivity contribution in [2.24, 2.45) is 5.92 Å². The highest BCUT2D eigenvalue weighted by molar-refractivity contribution is 7.99. The van der Waals surface area contributed by atoms with E-state index in [9.17, 15) is 14.9 Å². The van der Waals surface area contributed by atoms with Crippen molar-refractivity contribution in [2.75, 3.05) is 30.4 Å².